The van der Waals surface area contributed by atoms with E-state index in [1.54, 1.807) is 12.1 Å². The van der Waals surface area contributed by atoms with Gasteiger partial charge in [-0.05, 0) is 5.02 Å². The summed E-state index contributed by atoms with van der Waals surface area (Å²) in [4.78, 5) is 0. The first-order chi connectivity index (χ1) is 6.22. The van der Waals surface area contributed by atoms with E-state index in [1.807, 2.05) is 30.3 Å². The van der Waals surface area contributed by atoms with Gasteiger partial charge in [-0.2, -0.15) is 41.9 Å². The molecule has 0 saturated heterocycles. The van der Waals surface area contributed by atoms with Crippen LogP contribution >= 0.6 is 34.8 Å². The van der Waals surface area contributed by atoms with Crippen LogP contribution in [0.25, 0.3) is 0 Å². The Labute approximate surface area is 109 Å². The molecule has 0 unspecified atom stereocenters. The molecule has 0 aromatic heterocycles. The Morgan fingerprint density at radius 1 is 1.00 bits per heavy atom. The molecule has 0 spiro atoms. The third-order valence-corrected chi connectivity index (χ3v) is 2.58. The largest absolute Gasteiger partial charge is 0.214 e. The van der Waals surface area contributed by atoms with Gasteiger partial charge in [0.05, 0.1) is 0 Å². The SMILES string of the molecule is Clc1ccc(Cl)[c-]1Cl.[Fe].c1cc[cH-]c1. The van der Waals surface area contributed by atoms with Crippen molar-refractivity contribution in [2.24, 2.45) is 0 Å². The van der Waals surface area contributed by atoms with E-state index in [1.165, 1.54) is 0 Å². The van der Waals surface area contributed by atoms with Crippen LogP contribution in [0.15, 0.2) is 42.5 Å². The molecule has 14 heavy (non-hydrogen) atoms. The van der Waals surface area contributed by atoms with Gasteiger partial charge in [0.15, 0.2) is 0 Å². The molecule has 0 nitrogen and oxygen atoms in total. The number of hydrogen-bond acceptors (Lipinski definition) is 0. The average Bonchev–Trinajstić information content (AvgIpc) is 2.75. The Morgan fingerprint density at radius 3 is 1.57 bits per heavy atom. The second kappa shape index (κ2) is 7.39. The van der Waals surface area contributed by atoms with E-state index < -0.39 is 0 Å². The third-order valence-electron chi connectivity index (χ3n) is 1.35. The van der Waals surface area contributed by atoms with E-state index >= 15 is 0 Å². The van der Waals surface area contributed by atoms with E-state index in [2.05, 4.69) is 0 Å². The van der Waals surface area contributed by atoms with E-state index in [9.17, 15) is 0 Å². The number of hydrogen-bond donors (Lipinski definition) is 0. The molecule has 0 aliphatic heterocycles. The molecule has 2 aromatic carbocycles. The smallest absolute Gasteiger partial charge is 0 e. The summed E-state index contributed by atoms with van der Waals surface area (Å²) in [6, 6.07) is 13.3. The molecule has 0 aliphatic rings. The van der Waals surface area contributed by atoms with Crippen molar-refractivity contribution in [1.82, 2.24) is 0 Å². The summed E-state index contributed by atoms with van der Waals surface area (Å²) in [6.45, 7) is 0. The standard InChI is InChI=1S/C5H2Cl3.C5H5.Fe/c6-3-1-2-4(7)5(3)8;1-2-4-5-3-1;/h1-2H;1-5H;/q2*-1;. The minimum atomic E-state index is 0. The van der Waals surface area contributed by atoms with Crippen LogP contribution in [0.3, 0.4) is 0 Å². The van der Waals surface area contributed by atoms with Crippen molar-refractivity contribution >= 4 is 34.8 Å². The van der Waals surface area contributed by atoms with Crippen molar-refractivity contribution in [1.29, 1.82) is 0 Å². The van der Waals surface area contributed by atoms with Gasteiger partial charge in [0, 0.05) is 17.1 Å². The maximum absolute atomic E-state index is 5.53. The Hall–Kier alpha value is 0.0895. The minimum absolute atomic E-state index is 0. The summed E-state index contributed by atoms with van der Waals surface area (Å²) in [5.74, 6) is 0. The molecular formula is C10H7Cl3Fe-2. The Balaban J connectivity index is 0.000000246. The average molecular weight is 289 g/mol. The zero-order chi connectivity index (χ0) is 9.68. The van der Waals surface area contributed by atoms with E-state index in [0.29, 0.717) is 15.1 Å². The van der Waals surface area contributed by atoms with Crippen LogP contribution in [0.2, 0.25) is 15.1 Å². The summed E-state index contributed by atoms with van der Waals surface area (Å²) in [7, 11) is 0. The predicted molar refractivity (Wildman–Crippen MR) is 59.1 cm³/mol. The Kier molecular flexibility index (Phi) is 7.44. The molecule has 0 radical (unpaired) electrons. The van der Waals surface area contributed by atoms with Crippen LogP contribution in [0.1, 0.15) is 0 Å². The van der Waals surface area contributed by atoms with Crippen molar-refractivity contribution < 1.29 is 17.1 Å². The normalized spacial score (nSPS) is 8.50. The molecule has 0 fully saturated rings. The van der Waals surface area contributed by atoms with Crippen molar-refractivity contribution in [2.45, 2.75) is 0 Å². The zero-order valence-electron chi connectivity index (χ0n) is 7.03. The van der Waals surface area contributed by atoms with Gasteiger partial charge >= 0.3 is 0 Å². The molecule has 0 N–H and O–H groups in total. The molecule has 2 aromatic rings. The second-order valence-electron chi connectivity index (χ2n) is 2.31. The molecule has 0 saturated carbocycles. The first-order valence-corrected chi connectivity index (χ1v) is 4.78. The number of halogens is 3. The van der Waals surface area contributed by atoms with Crippen LogP contribution in [0.4, 0.5) is 0 Å². The van der Waals surface area contributed by atoms with Crippen molar-refractivity contribution in [3.05, 3.63) is 57.5 Å². The zero-order valence-corrected chi connectivity index (χ0v) is 10.4. The summed E-state index contributed by atoms with van der Waals surface area (Å²) in [5.41, 5.74) is 0. The van der Waals surface area contributed by atoms with Gasteiger partial charge in [0.2, 0.25) is 0 Å². The monoisotopic (exact) mass is 288 g/mol. The third kappa shape index (κ3) is 4.54. The van der Waals surface area contributed by atoms with Crippen molar-refractivity contribution in [2.75, 3.05) is 0 Å². The first-order valence-electron chi connectivity index (χ1n) is 3.64. The molecule has 78 valence electrons. The van der Waals surface area contributed by atoms with Crippen LogP contribution in [-0.4, -0.2) is 0 Å². The van der Waals surface area contributed by atoms with Gasteiger partial charge in [0.1, 0.15) is 0 Å². The van der Waals surface area contributed by atoms with Crippen LogP contribution in [0.5, 0.6) is 0 Å². The first kappa shape index (κ1) is 14.1. The summed E-state index contributed by atoms with van der Waals surface area (Å²) >= 11 is 16.6. The van der Waals surface area contributed by atoms with Crippen molar-refractivity contribution in [3.8, 4) is 0 Å². The summed E-state index contributed by atoms with van der Waals surface area (Å²) < 4.78 is 0. The summed E-state index contributed by atoms with van der Waals surface area (Å²) in [5, 5.41) is 1.46. The number of rotatable bonds is 0. The fraction of sp³-hybridized carbons (Fsp3) is 0. The van der Waals surface area contributed by atoms with Gasteiger partial charge < -0.3 is 0 Å². The molecule has 0 amide bonds. The molecule has 0 heterocycles. The quantitative estimate of drug-likeness (QED) is 0.484. The van der Waals surface area contributed by atoms with Gasteiger partial charge in [-0.25, -0.2) is 12.1 Å². The predicted octanol–water partition coefficient (Wildman–Crippen LogP) is 4.77. The molecular weight excluding hydrogens is 282 g/mol. The molecule has 0 aliphatic carbocycles. The molecule has 0 bridgehead atoms. The van der Waals surface area contributed by atoms with Gasteiger partial charge in [-0.15, -0.1) is 23.2 Å². The maximum atomic E-state index is 5.53. The van der Waals surface area contributed by atoms with Gasteiger partial charge in [0.25, 0.3) is 0 Å². The Morgan fingerprint density at radius 2 is 1.43 bits per heavy atom. The topological polar surface area (TPSA) is 0 Å². The van der Waals surface area contributed by atoms with E-state index in [0.717, 1.165) is 0 Å². The van der Waals surface area contributed by atoms with Crippen LogP contribution < -0.4 is 0 Å². The van der Waals surface area contributed by atoms with Gasteiger partial charge in [-0.3, -0.25) is 0 Å². The van der Waals surface area contributed by atoms with Gasteiger partial charge in [-0.1, -0.05) is 10.0 Å². The van der Waals surface area contributed by atoms with Crippen LogP contribution in [0, 0.1) is 0 Å². The summed E-state index contributed by atoms with van der Waals surface area (Å²) in [6.07, 6.45) is 0. The molecule has 2 rings (SSSR count). The fourth-order valence-electron chi connectivity index (χ4n) is 0.727. The van der Waals surface area contributed by atoms with E-state index in [-0.39, 0.29) is 17.1 Å². The van der Waals surface area contributed by atoms with Crippen molar-refractivity contribution in [3.63, 3.8) is 0 Å². The molecule has 0 atom stereocenters. The Bertz CT molecular complexity index is 301. The van der Waals surface area contributed by atoms with E-state index in [4.69, 9.17) is 34.8 Å². The molecule has 4 heteroatoms. The second-order valence-corrected chi connectivity index (χ2v) is 3.50. The fourth-order valence-corrected chi connectivity index (χ4v) is 1.23. The van der Waals surface area contributed by atoms with Crippen LogP contribution in [-0.2, 0) is 17.1 Å². The minimum Gasteiger partial charge on any atom is -0.214 e. The maximum Gasteiger partial charge on any atom is 0 e.